The first-order valence-corrected chi connectivity index (χ1v) is 12.9. The van der Waals surface area contributed by atoms with Crippen LogP contribution in [0.25, 0.3) is 0 Å². The van der Waals surface area contributed by atoms with E-state index < -0.39 is 41.4 Å². The van der Waals surface area contributed by atoms with Gasteiger partial charge in [-0.1, -0.05) is 6.07 Å². The van der Waals surface area contributed by atoms with Gasteiger partial charge in [0, 0.05) is 36.7 Å². The van der Waals surface area contributed by atoms with E-state index in [0.29, 0.717) is 32.6 Å². The molecule has 4 heterocycles. The predicted octanol–water partition coefficient (Wildman–Crippen LogP) is 4.24. The zero-order valence-corrected chi connectivity index (χ0v) is 22.7. The number of piperidine rings is 2. The summed E-state index contributed by atoms with van der Waals surface area (Å²) >= 11 is 0. The molecule has 0 bridgehead atoms. The van der Waals surface area contributed by atoms with Crippen LogP contribution in [0, 0.1) is 5.41 Å². The van der Waals surface area contributed by atoms with Crippen molar-refractivity contribution in [1.29, 1.82) is 0 Å². The number of likely N-dealkylation sites (tertiary alicyclic amines) is 2. The Bertz CT molecular complexity index is 941. The highest BCUT2D eigenvalue weighted by Crippen LogP contribution is 2.51. The molecule has 0 radical (unpaired) electrons. The first kappa shape index (κ1) is 27.3. The summed E-state index contributed by atoms with van der Waals surface area (Å²) in [7, 11) is -0.498. The molecule has 36 heavy (non-hydrogen) atoms. The molecule has 4 rings (SSSR count). The molecular weight excluding hydrogens is 467 g/mol. The summed E-state index contributed by atoms with van der Waals surface area (Å²) < 4.78 is 48.5. The van der Waals surface area contributed by atoms with Gasteiger partial charge >= 0.3 is 13.2 Å². The van der Waals surface area contributed by atoms with E-state index in [1.165, 1.54) is 0 Å². The van der Waals surface area contributed by atoms with E-state index in [1.54, 1.807) is 36.8 Å². The van der Waals surface area contributed by atoms with E-state index in [9.17, 15) is 4.79 Å². The quantitative estimate of drug-likeness (QED) is 0.571. The Morgan fingerprint density at radius 1 is 1.06 bits per heavy atom. The number of pyridine rings is 1. The van der Waals surface area contributed by atoms with Crippen LogP contribution in [0.2, 0.25) is 0 Å². The lowest BCUT2D eigenvalue weighted by atomic mass is 9.68. The first-order valence-electron chi connectivity index (χ1n) is 12.9. The third-order valence-electron chi connectivity index (χ3n) is 8.24. The van der Waals surface area contributed by atoms with Gasteiger partial charge in [0.05, 0.1) is 23.4 Å². The van der Waals surface area contributed by atoms with Crippen molar-refractivity contribution in [3.05, 3.63) is 24.0 Å². The van der Waals surface area contributed by atoms with E-state index in [4.69, 9.17) is 14.0 Å². The molecule has 3 saturated heterocycles. The minimum atomic E-state index is -2.84. The van der Waals surface area contributed by atoms with Crippen LogP contribution in [0.5, 0.6) is 0 Å². The highest BCUT2D eigenvalue weighted by molar-refractivity contribution is 6.62. The van der Waals surface area contributed by atoms with E-state index in [1.807, 2.05) is 39.8 Å². The van der Waals surface area contributed by atoms with Crippen LogP contribution in [-0.2, 0) is 20.6 Å². The summed E-state index contributed by atoms with van der Waals surface area (Å²) in [5.41, 5.74) is -0.990. The summed E-state index contributed by atoms with van der Waals surface area (Å²) in [6.07, 6.45) is 2.26. The topological polar surface area (TPSA) is 64.1 Å². The number of ether oxygens (including phenoxy) is 1. The van der Waals surface area contributed by atoms with Crippen molar-refractivity contribution in [1.82, 2.24) is 14.8 Å². The maximum absolute atomic E-state index is 15.5. The van der Waals surface area contributed by atoms with Crippen molar-refractivity contribution < 1.29 is 27.6 Å². The number of alkyl halides is 2. The molecule has 0 aliphatic carbocycles. The van der Waals surface area contributed by atoms with Crippen LogP contribution in [0.15, 0.2) is 18.3 Å². The van der Waals surface area contributed by atoms with Crippen LogP contribution in [0.4, 0.5) is 13.6 Å². The number of halogens is 2. The molecule has 10 heteroatoms. The number of hydrogen-bond acceptors (Lipinski definition) is 6. The summed E-state index contributed by atoms with van der Waals surface area (Å²) in [6.45, 7) is 14.6. The number of rotatable bonds is 3. The maximum atomic E-state index is 15.5. The van der Waals surface area contributed by atoms with Crippen molar-refractivity contribution in [3.8, 4) is 0 Å². The Kier molecular flexibility index (Phi) is 6.97. The molecule has 0 saturated carbocycles. The van der Waals surface area contributed by atoms with Crippen molar-refractivity contribution in [2.45, 2.75) is 97.0 Å². The molecule has 1 aromatic rings. The van der Waals surface area contributed by atoms with Crippen LogP contribution in [-0.4, -0.2) is 76.9 Å². The fourth-order valence-corrected chi connectivity index (χ4v) is 5.15. The van der Waals surface area contributed by atoms with E-state index in [0.717, 1.165) is 11.2 Å². The second-order valence-electron chi connectivity index (χ2n) is 12.6. The summed E-state index contributed by atoms with van der Waals surface area (Å²) in [4.78, 5) is 20.2. The second kappa shape index (κ2) is 9.20. The molecular formula is C26H40BF2N3O4. The average molecular weight is 507 g/mol. The highest BCUT2D eigenvalue weighted by atomic mass is 19.3. The van der Waals surface area contributed by atoms with Gasteiger partial charge in [-0.15, -0.1) is 0 Å². The van der Waals surface area contributed by atoms with Gasteiger partial charge in [-0.05, 0) is 80.3 Å². The third kappa shape index (κ3) is 5.41. The predicted molar refractivity (Wildman–Crippen MR) is 134 cm³/mol. The average Bonchev–Trinajstić information content (AvgIpc) is 2.97. The van der Waals surface area contributed by atoms with Crippen molar-refractivity contribution in [3.63, 3.8) is 0 Å². The lowest BCUT2D eigenvalue weighted by Gasteiger charge is -2.51. The largest absolute Gasteiger partial charge is 0.496 e. The first-order chi connectivity index (χ1) is 16.5. The van der Waals surface area contributed by atoms with Crippen molar-refractivity contribution in [2.75, 3.05) is 26.2 Å². The summed E-state index contributed by atoms with van der Waals surface area (Å²) in [5, 5.41) is 0. The molecule has 3 fully saturated rings. The normalized spacial score (nSPS) is 25.2. The molecule has 1 aromatic heterocycles. The molecule has 1 spiro atoms. The lowest BCUT2D eigenvalue weighted by molar-refractivity contribution is -0.188. The Labute approximate surface area is 214 Å². The number of amides is 1. The molecule has 3 aliphatic rings. The van der Waals surface area contributed by atoms with E-state index in [-0.39, 0.29) is 19.4 Å². The summed E-state index contributed by atoms with van der Waals surface area (Å²) in [5.74, 6) is -2.84. The minimum Gasteiger partial charge on any atom is -0.444 e. The fourth-order valence-electron chi connectivity index (χ4n) is 5.15. The number of nitrogens with zero attached hydrogens (tertiary/aromatic N) is 3. The fraction of sp³-hybridized carbons (Fsp3) is 0.769. The van der Waals surface area contributed by atoms with Crippen molar-refractivity contribution >= 4 is 18.7 Å². The standard InChI is InChI=1S/C26H40BF2N3O4/c1-22(2,3)34-21(33)32-14-11-25(12-15-32)10-13-31(18-26(25,28)29)17-20-9-8-19(16-30-20)27-35-23(4,5)24(6,7)36-27/h8-9,16H,10-15,17-18H2,1-7H3. The number of hydrogen-bond donors (Lipinski definition) is 0. The van der Waals surface area contributed by atoms with Crippen LogP contribution < -0.4 is 5.46 Å². The zero-order valence-electron chi connectivity index (χ0n) is 22.7. The Balaban J connectivity index is 1.33. The molecule has 200 valence electrons. The number of aromatic nitrogens is 1. The number of carbonyl (C=O) groups is 1. The van der Waals surface area contributed by atoms with Gasteiger partial charge in [0.1, 0.15) is 5.60 Å². The van der Waals surface area contributed by atoms with Gasteiger partial charge in [-0.3, -0.25) is 9.88 Å². The number of carbonyl (C=O) groups excluding carboxylic acids is 1. The van der Waals surface area contributed by atoms with Crippen LogP contribution >= 0.6 is 0 Å². The SMILES string of the molecule is CC(C)(C)OC(=O)N1CCC2(CCN(Cc3ccc(B4OC(C)(C)C(C)(C)O4)cn3)CC2(F)F)CC1. The molecule has 1 amide bonds. The Hall–Kier alpha value is -1.78. The molecule has 0 N–H and O–H groups in total. The second-order valence-corrected chi connectivity index (χ2v) is 12.6. The molecule has 0 unspecified atom stereocenters. The lowest BCUT2D eigenvalue weighted by Crippen LogP contribution is -2.59. The van der Waals surface area contributed by atoms with Crippen LogP contribution in [0.3, 0.4) is 0 Å². The molecule has 0 aromatic carbocycles. The third-order valence-corrected chi connectivity index (χ3v) is 8.24. The van der Waals surface area contributed by atoms with Gasteiger partial charge in [-0.25, -0.2) is 13.6 Å². The van der Waals surface area contributed by atoms with Crippen molar-refractivity contribution in [2.24, 2.45) is 5.41 Å². The van der Waals surface area contributed by atoms with Gasteiger partial charge in [0.2, 0.25) is 0 Å². The maximum Gasteiger partial charge on any atom is 0.496 e. The monoisotopic (exact) mass is 507 g/mol. The van der Waals surface area contributed by atoms with E-state index in [2.05, 4.69) is 4.98 Å². The Morgan fingerprint density at radius 3 is 2.14 bits per heavy atom. The van der Waals surface area contributed by atoms with Gasteiger partial charge < -0.3 is 18.9 Å². The molecule has 0 atom stereocenters. The summed E-state index contributed by atoms with van der Waals surface area (Å²) in [6, 6.07) is 3.77. The highest BCUT2D eigenvalue weighted by Gasteiger charge is 2.57. The van der Waals surface area contributed by atoms with Gasteiger partial charge in [0.25, 0.3) is 5.92 Å². The zero-order chi connectivity index (χ0) is 26.6. The van der Waals surface area contributed by atoms with E-state index >= 15 is 8.78 Å². The van der Waals surface area contributed by atoms with Gasteiger partial charge in [0.15, 0.2) is 0 Å². The minimum absolute atomic E-state index is 0.286. The smallest absolute Gasteiger partial charge is 0.444 e. The van der Waals surface area contributed by atoms with Crippen LogP contribution in [0.1, 0.15) is 73.4 Å². The Morgan fingerprint density at radius 2 is 1.64 bits per heavy atom. The van der Waals surface area contributed by atoms with Gasteiger partial charge in [-0.2, -0.15) is 0 Å². The molecule has 3 aliphatic heterocycles. The molecule has 7 nitrogen and oxygen atoms in total.